The summed E-state index contributed by atoms with van der Waals surface area (Å²) in [6.07, 6.45) is 0. The Morgan fingerprint density at radius 2 is 1.74 bits per heavy atom. The molecule has 1 heterocycles. The SMILES string of the molecule is O=C(CNC(=O)c1ccc(-c2ccccc2)cc1)OCc1cc(F)cc2c1OCOC2. The average Bonchev–Trinajstić information content (AvgIpc) is 2.81. The van der Waals surface area contributed by atoms with E-state index in [9.17, 15) is 14.0 Å². The van der Waals surface area contributed by atoms with E-state index in [1.807, 2.05) is 42.5 Å². The van der Waals surface area contributed by atoms with Crippen molar-refractivity contribution >= 4 is 11.9 Å². The van der Waals surface area contributed by atoms with Gasteiger partial charge in [-0.1, -0.05) is 42.5 Å². The molecule has 4 rings (SSSR count). The van der Waals surface area contributed by atoms with Crippen molar-refractivity contribution in [3.05, 3.63) is 89.2 Å². The van der Waals surface area contributed by atoms with Gasteiger partial charge in [0.2, 0.25) is 0 Å². The van der Waals surface area contributed by atoms with Crippen LogP contribution in [0.4, 0.5) is 4.39 Å². The van der Waals surface area contributed by atoms with Crippen LogP contribution in [-0.4, -0.2) is 25.2 Å². The third-order valence-electron chi connectivity index (χ3n) is 4.79. The second-order valence-corrected chi connectivity index (χ2v) is 6.95. The number of amides is 1. The van der Waals surface area contributed by atoms with Crippen LogP contribution in [0, 0.1) is 5.82 Å². The minimum Gasteiger partial charge on any atom is -0.467 e. The fourth-order valence-corrected chi connectivity index (χ4v) is 3.27. The van der Waals surface area contributed by atoms with E-state index in [-0.39, 0.29) is 32.5 Å². The van der Waals surface area contributed by atoms with Crippen molar-refractivity contribution in [1.29, 1.82) is 0 Å². The van der Waals surface area contributed by atoms with Gasteiger partial charge in [0.15, 0.2) is 6.79 Å². The molecule has 0 saturated carbocycles. The van der Waals surface area contributed by atoms with Gasteiger partial charge in [0.05, 0.1) is 6.61 Å². The van der Waals surface area contributed by atoms with E-state index < -0.39 is 11.8 Å². The molecule has 6 nitrogen and oxygen atoms in total. The molecule has 1 aliphatic heterocycles. The Hall–Kier alpha value is -3.71. The molecule has 0 bridgehead atoms. The van der Waals surface area contributed by atoms with Crippen molar-refractivity contribution in [1.82, 2.24) is 5.32 Å². The standard InChI is InChI=1S/C24H20FNO5/c25-21-10-19-13-29-15-31-23(19)20(11-21)14-30-22(27)12-26-24(28)18-8-6-17(7-9-18)16-4-2-1-3-5-16/h1-11H,12-15H2,(H,26,28). The molecule has 3 aromatic carbocycles. The summed E-state index contributed by atoms with van der Waals surface area (Å²) in [7, 11) is 0. The Labute approximate surface area is 178 Å². The van der Waals surface area contributed by atoms with Crippen LogP contribution in [-0.2, 0) is 27.5 Å². The zero-order valence-corrected chi connectivity index (χ0v) is 16.6. The van der Waals surface area contributed by atoms with Crippen LogP contribution in [0.15, 0.2) is 66.7 Å². The summed E-state index contributed by atoms with van der Waals surface area (Å²) in [4.78, 5) is 24.4. The number of carbonyl (C=O) groups excluding carboxylic acids is 2. The summed E-state index contributed by atoms with van der Waals surface area (Å²) in [5, 5.41) is 2.53. The fourth-order valence-electron chi connectivity index (χ4n) is 3.27. The number of hydrogen-bond acceptors (Lipinski definition) is 5. The van der Waals surface area contributed by atoms with Crippen LogP contribution in [0.5, 0.6) is 5.75 Å². The van der Waals surface area contributed by atoms with Gasteiger partial charge in [-0.3, -0.25) is 9.59 Å². The van der Waals surface area contributed by atoms with Gasteiger partial charge in [-0.2, -0.15) is 0 Å². The molecule has 7 heteroatoms. The summed E-state index contributed by atoms with van der Waals surface area (Å²) < 4.78 is 29.4. The molecule has 0 spiro atoms. The third kappa shape index (κ3) is 5.07. The highest BCUT2D eigenvalue weighted by Crippen LogP contribution is 2.30. The molecule has 0 saturated heterocycles. The molecule has 3 aromatic rings. The highest BCUT2D eigenvalue weighted by Gasteiger charge is 2.18. The summed E-state index contributed by atoms with van der Waals surface area (Å²) in [5.74, 6) is -1.03. The predicted molar refractivity (Wildman–Crippen MR) is 111 cm³/mol. The highest BCUT2D eigenvalue weighted by molar-refractivity contribution is 5.96. The molecule has 0 aromatic heterocycles. The molecule has 1 amide bonds. The Balaban J connectivity index is 1.30. The minimum atomic E-state index is -0.640. The van der Waals surface area contributed by atoms with E-state index in [4.69, 9.17) is 14.2 Å². The molecule has 1 N–H and O–H groups in total. The molecular weight excluding hydrogens is 401 g/mol. The fraction of sp³-hybridized carbons (Fsp3) is 0.167. The van der Waals surface area contributed by atoms with E-state index in [1.54, 1.807) is 12.1 Å². The lowest BCUT2D eigenvalue weighted by Crippen LogP contribution is -2.30. The number of esters is 1. The maximum atomic E-state index is 13.7. The molecule has 158 valence electrons. The van der Waals surface area contributed by atoms with Crippen molar-refractivity contribution in [3.63, 3.8) is 0 Å². The van der Waals surface area contributed by atoms with Crippen LogP contribution in [0.1, 0.15) is 21.5 Å². The number of benzene rings is 3. The van der Waals surface area contributed by atoms with E-state index in [1.165, 1.54) is 12.1 Å². The Morgan fingerprint density at radius 3 is 2.52 bits per heavy atom. The molecule has 0 fully saturated rings. The average molecular weight is 421 g/mol. The van der Waals surface area contributed by atoms with Crippen molar-refractivity contribution in [2.24, 2.45) is 0 Å². The van der Waals surface area contributed by atoms with Gasteiger partial charge < -0.3 is 19.5 Å². The van der Waals surface area contributed by atoms with E-state index in [0.29, 0.717) is 22.4 Å². The Kier molecular flexibility index (Phi) is 6.24. The van der Waals surface area contributed by atoms with Crippen LogP contribution >= 0.6 is 0 Å². The third-order valence-corrected chi connectivity index (χ3v) is 4.79. The molecule has 31 heavy (non-hydrogen) atoms. The summed E-state index contributed by atoms with van der Waals surface area (Å²) in [5.41, 5.74) is 3.44. The number of halogens is 1. The molecule has 1 aliphatic rings. The number of ether oxygens (including phenoxy) is 3. The number of nitrogens with one attached hydrogen (secondary N) is 1. The number of fused-ring (bicyclic) bond motifs is 1. The van der Waals surface area contributed by atoms with E-state index in [2.05, 4.69) is 5.32 Å². The van der Waals surface area contributed by atoms with Crippen molar-refractivity contribution < 1.29 is 28.2 Å². The summed E-state index contributed by atoms with van der Waals surface area (Å²) in [6, 6.07) is 19.5. The van der Waals surface area contributed by atoms with E-state index in [0.717, 1.165) is 11.1 Å². The first-order valence-corrected chi connectivity index (χ1v) is 9.71. The lowest BCUT2D eigenvalue weighted by atomic mass is 10.0. The zero-order chi connectivity index (χ0) is 21.6. The molecule has 0 aliphatic carbocycles. The maximum Gasteiger partial charge on any atom is 0.325 e. The quantitative estimate of drug-likeness (QED) is 0.613. The van der Waals surface area contributed by atoms with Crippen LogP contribution in [0.3, 0.4) is 0 Å². The van der Waals surface area contributed by atoms with E-state index >= 15 is 0 Å². The number of hydrogen-bond donors (Lipinski definition) is 1. The highest BCUT2D eigenvalue weighted by atomic mass is 19.1. The topological polar surface area (TPSA) is 73.9 Å². The van der Waals surface area contributed by atoms with Gasteiger partial charge in [0, 0.05) is 16.7 Å². The van der Waals surface area contributed by atoms with Gasteiger partial charge >= 0.3 is 5.97 Å². The van der Waals surface area contributed by atoms with Crippen molar-refractivity contribution in [3.8, 4) is 16.9 Å². The molecular formula is C24H20FNO5. The van der Waals surface area contributed by atoms with Crippen LogP contribution in [0.2, 0.25) is 0 Å². The zero-order valence-electron chi connectivity index (χ0n) is 16.6. The van der Waals surface area contributed by atoms with Crippen molar-refractivity contribution in [2.75, 3.05) is 13.3 Å². The van der Waals surface area contributed by atoms with Crippen molar-refractivity contribution in [2.45, 2.75) is 13.2 Å². The second-order valence-electron chi connectivity index (χ2n) is 6.95. The summed E-state index contributed by atoms with van der Waals surface area (Å²) >= 11 is 0. The van der Waals surface area contributed by atoms with Gasteiger partial charge in [-0.05, 0) is 35.4 Å². The lowest BCUT2D eigenvalue weighted by molar-refractivity contribution is -0.143. The number of rotatable bonds is 6. The van der Waals surface area contributed by atoms with Gasteiger partial charge in [-0.25, -0.2) is 4.39 Å². The lowest BCUT2D eigenvalue weighted by Gasteiger charge is -2.20. The van der Waals surface area contributed by atoms with Crippen LogP contribution < -0.4 is 10.1 Å². The Morgan fingerprint density at radius 1 is 1.00 bits per heavy atom. The van der Waals surface area contributed by atoms with Gasteiger partial charge in [-0.15, -0.1) is 0 Å². The first-order valence-electron chi connectivity index (χ1n) is 9.71. The first kappa shape index (κ1) is 20.6. The van der Waals surface area contributed by atoms with Crippen LogP contribution in [0.25, 0.3) is 11.1 Å². The normalized spacial score (nSPS) is 12.4. The molecule has 0 atom stereocenters. The largest absolute Gasteiger partial charge is 0.467 e. The second kappa shape index (κ2) is 9.40. The van der Waals surface area contributed by atoms with Gasteiger partial charge in [0.1, 0.15) is 24.7 Å². The predicted octanol–water partition coefficient (Wildman–Crippen LogP) is 3.83. The Bertz CT molecular complexity index is 1080. The molecule has 0 radical (unpaired) electrons. The first-order chi connectivity index (χ1) is 15.1. The smallest absolute Gasteiger partial charge is 0.325 e. The number of carbonyl (C=O) groups is 2. The molecule has 0 unspecified atom stereocenters. The van der Waals surface area contributed by atoms with Gasteiger partial charge in [0.25, 0.3) is 5.91 Å². The monoisotopic (exact) mass is 421 g/mol. The summed E-state index contributed by atoms with van der Waals surface area (Å²) in [6.45, 7) is -0.187. The maximum absolute atomic E-state index is 13.7. The minimum absolute atomic E-state index is 0.0543.